The lowest BCUT2D eigenvalue weighted by molar-refractivity contribution is -0.131. The van der Waals surface area contributed by atoms with E-state index in [4.69, 9.17) is 9.84 Å². The smallest absolute Gasteiger partial charge is 0.328 e. The SMILES string of the molecule is CC1(C)CC(NC(=O)c2csc(/C=C/C(=O)O)c2)CCO1. The standard InChI is InChI=1S/C15H19NO4S/c1-15(2)8-11(5-6-20-15)16-14(19)10-7-12(21-9-10)3-4-13(17)18/h3-4,7,9,11H,5-6,8H2,1-2H3,(H,16,19)(H,17,18)/b4-3+. The number of nitrogens with one attached hydrogen (secondary N) is 1. The highest BCUT2D eigenvalue weighted by molar-refractivity contribution is 7.11. The van der Waals surface area contributed by atoms with Gasteiger partial charge in [0.15, 0.2) is 0 Å². The molecule has 21 heavy (non-hydrogen) atoms. The van der Waals surface area contributed by atoms with Crippen LogP contribution in [0.4, 0.5) is 0 Å². The van der Waals surface area contributed by atoms with Crippen molar-refractivity contribution >= 4 is 29.3 Å². The summed E-state index contributed by atoms with van der Waals surface area (Å²) >= 11 is 1.35. The van der Waals surface area contributed by atoms with Gasteiger partial charge in [-0.3, -0.25) is 4.79 Å². The van der Waals surface area contributed by atoms with Gasteiger partial charge in [0.25, 0.3) is 5.91 Å². The normalized spacial score (nSPS) is 21.3. The molecule has 114 valence electrons. The predicted octanol–water partition coefficient (Wildman–Crippen LogP) is 2.53. The number of carboxylic acids is 1. The van der Waals surface area contributed by atoms with Crippen molar-refractivity contribution in [3.8, 4) is 0 Å². The number of thiophene rings is 1. The highest BCUT2D eigenvalue weighted by Gasteiger charge is 2.29. The first-order valence-corrected chi connectivity index (χ1v) is 7.68. The summed E-state index contributed by atoms with van der Waals surface area (Å²) in [6.07, 6.45) is 4.15. The van der Waals surface area contributed by atoms with Crippen molar-refractivity contribution in [2.24, 2.45) is 0 Å². The first-order valence-electron chi connectivity index (χ1n) is 6.80. The van der Waals surface area contributed by atoms with Crippen molar-refractivity contribution in [3.05, 3.63) is 28.0 Å². The maximum atomic E-state index is 12.2. The number of carboxylic acid groups (broad SMARTS) is 1. The van der Waals surface area contributed by atoms with Gasteiger partial charge in [-0.05, 0) is 38.8 Å². The molecule has 1 aromatic heterocycles. The van der Waals surface area contributed by atoms with E-state index in [0.717, 1.165) is 23.8 Å². The Balaban J connectivity index is 1.96. The van der Waals surface area contributed by atoms with E-state index >= 15 is 0 Å². The molecule has 2 N–H and O–H groups in total. The predicted molar refractivity (Wildman–Crippen MR) is 81.5 cm³/mol. The zero-order chi connectivity index (χ0) is 15.5. The maximum absolute atomic E-state index is 12.2. The van der Waals surface area contributed by atoms with E-state index in [9.17, 15) is 9.59 Å². The number of carbonyl (C=O) groups is 2. The molecule has 1 amide bonds. The summed E-state index contributed by atoms with van der Waals surface area (Å²) in [6.45, 7) is 4.68. The number of hydrogen-bond donors (Lipinski definition) is 2. The third-order valence-electron chi connectivity index (χ3n) is 3.30. The van der Waals surface area contributed by atoms with Gasteiger partial charge in [-0.2, -0.15) is 0 Å². The average molecular weight is 309 g/mol. The van der Waals surface area contributed by atoms with Gasteiger partial charge in [-0.15, -0.1) is 11.3 Å². The second kappa shape index (κ2) is 6.41. The van der Waals surface area contributed by atoms with Gasteiger partial charge in [0.05, 0.1) is 11.2 Å². The highest BCUT2D eigenvalue weighted by atomic mass is 32.1. The van der Waals surface area contributed by atoms with Crippen LogP contribution in [0.25, 0.3) is 6.08 Å². The van der Waals surface area contributed by atoms with Crippen LogP contribution in [-0.2, 0) is 9.53 Å². The molecule has 2 rings (SSSR count). The summed E-state index contributed by atoms with van der Waals surface area (Å²) in [5.41, 5.74) is 0.356. The van der Waals surface area contributed by atoms with Gasteiger partial charge in [0.1, 0.15) is 0 Å². The molecule has 1 aromatic rings. The molecule has 0 spiro atoms. The van der Waals surface area contributed by atoms with Crippen LogP contribution in [0, 0.1) is 0 Å². The van der Waals surface area contributed by atoms with Gasteiger partial charge < -0.3 is 15.2 Å². The Morgan fingerprint density at radius 2 is 2.29 bits per heavy atom. The van der Waals surface area contributed by atoms with E-state index in [1.165, 1.54) is 17.4 Å². The second-order valence-electron chi connectivity index (χ2n) is 5.68. The molecule has 0 aromatic carbocycles. The Morgan fingerprint density at radius 3 is 2.95 bits per heavy atom. The summed E-state index contributed by atoms with van der Waals surface area (Å²) in [7, 11) is 0. The first kappa shape index (κ1) is 15.7. The number of ether oxygens (including phenoxy) is 1. The molecule has 1 atom stereocenters. The summed E-state index contributed by atoms with van der Waals surface area (Å²) in [5, 5.41) is 13.3. The highest BCUT2D eigenvalue weighted by Crippen LogP contribution is 2.24. The van der Waals surface area contributed by atoms with E-state index in [0.29, 0.717) is 12.2 Å². The van der Waals surface area contributed by atoms with Crippen LogP contribution in [0.5, 0.6) is 0 Å². The van der Waals surface area contributed by atoms with Crippen LogP contribution in [0.1, 0.15) is 41.9 Å². The van der Waals surface area contributed by atoms with Gasteiger partial charge in [-0.1, -0.05) is 0 Å². The van der Waals surface area contributed by atoms with E-state index < -0.39 is 5.97 Å². The number of amides is 1. The number of carbonyl (C=O) groups excluding carboxylic acids is 1. The summed E-state index contributed by atoms with van der Waals surface area (Å²) in [5.74, 6) is -1.12. The van der Waals surface area contributed by atoms with Crippen LogP contribution in [0.3, 0.4) is 0 Å². The van der Waals surface area contributed by atoms with Gasteiger partial charge in [0, 0.05) is 29.0 Å². The van der Waals surface area contributed by atoms with Crippen molar-refractivity contribution in [1.82, 2.24) is 5.32 Å². The van der Waals surface area contributed by atoms with Crippen molar-refractivity contribution in [1.29, 1.82) is 0 Å². The van der Waals surface area contributed by atoms with Crippen molar-refractivity contribution in [3.63, 3.8) is 0 Å². The van der Waals surface area contributed by atoms with Crippen LogP contribution < -0.4 is 5.32 Å². The Bertz CT molecular complexity index is 562. The first-order chi connectivity index (χ1) is 9.85. The van der Waals surface area contributed by atoms with Crippen LogP contribution >= 0.6 is 11.3 Å². The third kappa shape index (κ3) is 4.68. The summed E-state index contributed by atoms with van der Waals surface area (Å²) in [4.78, 5) is 23.4. The van der Waals surface area contributed by atoms with Crippen molar-refractivity contribution in [2.75, 3.05) is 6.61 Å². The molecule has 1 aliphatic heterocycles. The van der Waals surface area contributed by atoms with Crippen LogP contribution in [-0.4, -0.2) is 35.2 Å². The minimum Gasteiger partial charge on any atom is -0.478 e. The average Bonchev–Trinajstić information content (AvgIpc) is 2.84. The Kier molecular flexibility index (Phi) is 4.80. The molecule has 0 saturated carbocycles. The molecule has 5 nitrogen and oxygen atoms in total. The van der Waals surface area contributed by atoms with E-state index in [1.807, 2.05) is 13.8 Å². The number of rotatable bonds is 4. The Labute approximate surface area is 127 Å². The largest absolute Gasteiger partial charge is 0.478 e. The fourth-order valence-electron chi connectivity index (χ4n) is 2.34. The third-order valence-corrected chi connectivity index (χ3v) is 4.20. The zero-order valence-corrected chi connectivity index (χ0v) is 12.9. The quantitative estimate of drug-likeness (QED) is 0.838. The topological polar surface area (TPSA) is 75.6 Å². The second-order valence-corrected chi connectivity index (χ2v) is 6.62. The molecule has 0 aliphatic carbocycles. The Hall–Kier alpha value is -1.66. The maximum Gasteiger partial charge on any atom is 0.328 e. The molecule has 1 unspecified atom stereocenters. The zero-order valence-electron chi connectivity index (χ0n) is 12.1. The molecular weight excluding hydrogens is 290 g/mol. The minimum absolute atomic E-state index is 0.110. The fourth-order valence-corrected chi connectivity index (χ4v) is 3.12. The molecule has 0 bridgehead atoms. The Morgan fingerprint density at radius 1 is 1.52 bits per heavy atom. The van der Waals surface area contributed by atoms with Crippen LogP contribution in [0.15, 0.2) is 17.5 Å². The van der Waals surface area contributed by atoms with Gasteiger partial charge in [-0.25, -0.2) is 4.79 Å². The number of aliphatic carboxylic acids is 1. The van der Waals surface area contributed by atoms with Crippen molar-refractivity contribution < 1.29 is 19.4 Å². The lowest BCUT2D eigenvalue weighted by Crippen LogP contribution is -2.45. The van der Waals surface area contributed by atoms with E-state index in [-0.39, 0.29) is 17.6 Å². The van der Waals surface area contributed by atoms with Gasteiger partial charge >= 0.3 is 5.97 Å². The molecule has 6 heteroatoms. The summed E-state index contributed by atoms with van der Waals surface area (Å²) in [6, 6.07) is 1.81. The van der Waals surface area contributed by atoms with E-state index in [1.54, 1.807) is 11.4 Å². The molecule has 1 fully saturated rings. The fraction of sp³-hybridized carbons (Fsp3) is 0.467. The van der Waals surface area contributed by atoms with Gasteiger partial charge in [0.2, 0.25) is 0 Å². The lowest BCUT2D eigenvalue weighted by Gasteiger charge is -2.35. The van der Waals surface area contributed by atoms with E-state index in [2.05, 4.69) is 5.32 Å². The minimum atomic E-state index is -1.00. The van der Waals surface area contributed by atoms with Crippen molar-refractivity contribution in [2.45, 2.75) is 38.3 Å². The lowest BCUT2D eigenvalue weighted by atomic mass is 9.94. The number of hydrogen-bond acceptors (Lipinski definition) is 4. The molecule has 2 heterocycles. The molecule has 0 radical (unpaired) electrons. The van der Waals surface area contributed by atoms with Crippen LogP contribution in [0.2, 0.25) is 0 Å². The monoisotopic (exact) mass is 309 g/mol. The molecule has 1 saturated heterocycles. The summed E-state index contributed by atoms with van der Waals surface area (Å²) < 4.78 is 5.63. The molecule has 1 aliphatic rings. The molecular formula is C15H19NO4S.